The zero-order valence-electron chi connectivity index (χ0n) is 15.1. The van der Waals surface area contributed by atoms with Crippen molar-refractivity contribution in [2.75, 3.05) is 13.7 Å². The first kappa shape index (κ1) is 18.3. The van der Waals surface area contributed by atoms with Crippen molar-refractivity contribution in [3.63, 3.8) is 0 Å². The third-order valence-electron chi connectivity index (χ3n) is 4.24. The maximum absolute atomic E-state index is 12.4. The van der Waals surface area contributed by atoms with E-state index >= 15 is 0 Å². The van der Waals surface area contributed by atoms with Gasteiger partial charge in [0.1, 0.15) is 11.3 Å². The fourth-order valence-electron chi connectivity index (χ4n) is 2.58. The summed E-state index contributed by atoms with van der Waals surface area (Å²) in [4.78, 5) is 12.4. The van der Waals surface area contributed by atoms with E-state index in [-0.39, 0.29) is 18.2 Å². The summed E-state index contributed by atoms with van der Waals surface area (Å²) in [5.41, 5.74) is 0.483. The fourth-order valence-corrected chi connectivity index (χ4v) is 2.58. The second kappa shape index (κ2) is 7.26. The van der Waals surface area contributed by atoms with Gasteiger partial charge in [0.15, 0.2) is 5.76 Å². The number of furan rings is 1. The Morgan fingerprint density at radius 2 is 2.12 bits per heavy atom. The van der Waals surface area contributed by atoms with Crippen molar-refractivity contribution < 1.29 is 19.1 Å². The van der Waals surface area contributed by atoms with Crippen LogP contribution >= 0.6 is 0 Å². The zero-order valence-corrected chi connectivity index (χ0v) is 15.1. The molecule has 0 saturated carbocycles. The van der Waals surface area contributed by atoms with Crippen LogP contribution in [0.25, 0.3) is 11.0 Å². The quantitative estimate of drug-likeness (QED) is 0.811. The Hall–Kier alpha value is -2.01. The fraction of sp³-hybridized carbons (Fsp3) is 0.526. The average molecular weight is 333 g/mol. The molecule has 132 valence electrons. The van der Waals surface area contributed by atoms with Crippen LogP contribution in [-0.4, -0.2) is 30.3 Å². The van der Waals surface area contributed by atoms with Gasteiger partial charge in [0, 0.05) is 17.5 Å². The van der Waals surface area contributed by atoms with E-state index in [1.54, 1.807) is 26.2 Å². The summed E-state index contributed by atoms with van der Waals surface area (Å²) in [6.07, 6.45) is 1.55. The molecule has 0 aliphatic rings. The van der Waals surface area contributed by atoms with Gasteiger partial charge in [-0.25, -0.2) is 0 Å². The molecule has 0 aliphatic heterocycles. The number of methoxy groups -OCH3 is 1. The lowest BCUT2D eigenvalue weighted by Gasteiger charge is -2.24. The number of aliphatic hydroxyl groups is 1. The van der Waals surface area contributed by atoms with E-state index in [4.69, 9.17) is 9.15 Å². The highest BCUT2D eigenvalue weighted by Crippen LogP contribution is 2.28. The number of nitrogens with one attached hydrogen (secondary N) is 1. The van der Waals surface area contributed by atoms with Crippen LogP contribution in [0.15, 0.2) is 22.6 Å². The van der Waals surface area contributed by atoms with E-state index < -0.39 is 5.60 Å². The topological polar surface area (TPSA) is 71.7 Å². The lowest BCUT2D eigenvalue weighted by atomic mass is 9.95. The zero-order chi connectivity index (χ0) is 17.9. The molecule has 0 radical (unpaired) electrons. The molecule has 1 aromatic carbocycles. The molecule has 1 heterocycles. The van der Waals surface area contributed by atoms with Crippen molar-refractivity contribution in [1.29, 1.82) is 0 Å². The summed E-state index contributed by atoms with van der Waals surface area (Å²) in [7, 11) is 1.60. The van der Waals surface area contributed by atoms with Gasteiger partial charge in [0.2, 0.25) is 0 Å². The first-order chi connectivity index (χ1) is 11.2. The molecule has 0 bridgehead atoms. The number of carbonyl (C=O) groups excluding carboxylic acids is 1. The van der Waals surface area contributed by atoms with E-state index in [1.165, 1.54) is 0 Å². The van der Waals surface area contributed by atoms with Gasteiger partial charge in [0.05, 0.1) is 12.7 Å². The Balaban J connectivity index is 2.10. The normalized spacial score (nSPS) is 14.0. The molecule has 1 atom stereocenters. The highest BCUT2D eigenvalue weighted by molar-refractivity contribution is 5.99. The Bertz CT molecular complexity index is 715. The molecule has 2 N–H and O–H groups in total. The molecule has 0 spiro atoms. The highest BCUT2D eigenvalue weighted by Gasteiger charge is 2.24. The van der Waals surface area contributed by atoms with Crippen LogP contribution in [0.4, 0.5) is 0 Å². The number of ether oxygens (including phenoxy) is 1. The predicted octanol–water partition coefficient (Wildman–Crippen LogP) is 3.67. The van der Waals surface area contributed by atoms with Gasteiger partial charge in [-0.2, -0.15) is 0 Å². The van der Waals surface area contributed by atoms with E-state index in [9.17, 15) is 9.90 Å². The second-order valence-electron chi connectivity index (χ2n) is 7.03. The molecule has 2 aromatic rings. The molecule has 0 aliphatic carbocycles. The number of amides is 1. The number of aryl methyl sites for hydroxylation is 1. The molecule has 0 unspecified atom stereocenters. The molecule has 0 fully saturated rings. The Kier molecular flexibility index (Phi) is 5.54. The maximum Gasteiger partial charge on any atom is 0.287 e. The first-order valence-corrected chi connectivity index (χ1v) is 8.31. The molecule has 1 aromatic heterocycles. The van der Waals surface area contributed by atoms with Crippen LogP contribution in [-0.2, 0) is 0 Å². The molecule has 2 rings (SSSR count). The number of hydrogen-bond acceptors (Lipinski definition) is 4. The van der Waals surface area contributed by atoms with Crippen molar-refractivity contribution in [1.82, 2.24) is 5.32 Å². The standard InChI is InChI=1S/C19H27NO4/c1-12(2)8-9-19(4,22)11-20-18(21)17-13(3)15-10-14(23-5)6-7-16(15)24-17/h6-7,10,12,22H,8-9,11H2,1-5H3,(H,20,21)/t19-/m1/s1. The van der Waals surface area contributed by atoms with Crippen molar-refractivity contribution >= 4 is 16.9 Å². The van der Waals surface area contributed by atoms with Gasteiger partial charge in [-0.1, -0.05) is 13.8 Å². The monoisotopic (exact) mass is 333 g/mol. The SMILES string of the molecule is COc1ccc2oc(C(=O)NC[C@](C)(O)CCC(C)C)c(C)c2c1. The van der Waals surface area contributed by atoms with Crippen molar-refractivity contribution in [3.8, 4) is 5.75 Å². The summed E-state index contributed by atoms with van der Waals surface area (Å²) in [5, 5.41) is 14.0. The van der Waals surface area contributed by atoms with Gasteiger partial charge < -0.3 is 19.6 Å². The maximum atomic E-state index is 12.4. The van der Waals surface area contributed by atoms with E-state index in [2.05, 4.69) is 19.2 Å². The number of carbonyl (C=O) groups is 1. The molecule has 5 heteroatoms. The molecular formula is C19H27NO4. The molecule has 0 saturated heterocycles. The van der Waals surface area contributed by atoms with Gasteiger partial charge in [-0.05, 0) is 50.8 Å². The van der Waals surface area contributed by atoms with Crippen molar-refractivity contribution in [2.45, 2.75) is 46.1 Å². The summed E-state index contributed by atoms with van der Waals surface area (Å²) in [6, 6.07) is 5.43. The first-order valence-electron chi connectivity index (χ1n) is 8.31. The lowest BCUT2D eigenvalue weighted by molar-refractivity contribution is 0.0424. The highest BCUT2D eigenvalue weighted by atomic mass is 16.5. The van der Waals surface area contributed by atoms with Crippen LogP contribution in [0.1, 0.15) is 49.7 Å². The summed E-state index contributed by atoms with van der Waals surface area (Å²) in [6.45, 7) is 8.00. The van der Waals surface area contributed by atoms with Crippen LogP contribution in [0.2, 0.25) is 0 Å². The van der Waals surface area contributed by atoms with Crippen molar-refractivity contribution in [3.05, 3.63) is 29.5 Å². The number of hydrogen-bond donors (Lipinski definition) is 2. The van der Waals surface area contributed by atoms with Gasteiger partial charge in [0.25, 0.3) is 5.91 Å². The number of benzene rings is 1. The van der Waals surface area contributed by atoms with E-state index in [1.807, 2.05) is 13.0 Å². The Labute approximate surface area is 143 Å². The van der Waals surface area contributed by atoms with Crippen LogP contribution in [0.5, 0.6) is 5.75 Å². The van der Waals surface area contributed by atoms with Crippen LogP contribution < -0.4 is 10.1 Å². The number of rotatable bonds is 7. The second-order valence-corrected chi connectivity index (χ2v) is 7.03. The minimum absolute atomic E-state index is 0.193. The van der Waals surface area contributed by atoms with Gasteiger partial charge in [-0.15, -0.1) is 0 Å². The Morgan fingerprint density at radius 1 is 1.42 bits per heavy atom. The predicted molar refractivity (Wildman–Crippen MR) is 94.5 cm³/mol. The van der Waals surface area contributed by atoms with E-state index in [0.717, 1.165) is 23.1 Å². The van der Waals surface area contributed by atoms with Crippen LogP contribution in [0, 0.1) is 12.8 Å². The molecule has 5 nitrogen and oxygen atoms in total. The molecular weight excluding hydrogens is 306 g/mol. The third kappa shape index (κ3) is 4.29. The summed E-state index contributed by atoms with van der Waals surface area (Å²) < 4.78 is 10.9. The minimum atomic E-state index is -0.928. The summed E-state index contributed by atoms with van der Waals surface area (Å²) >= 11 is 0. The molecule has 24 heavy (non-hydrogen) atoms. The van der Waals surface area contributed by atoms with Gasteiger partial charge in [-0.3, -0.25) is 4.79 Å². The van der Waals surface area contributed by atoms with Crippen molar-refractivity contribution in [2.24, 2.45) is 5.92 Å². The van der Waals surface area contributed by atoms with E-state index in [0.29, 0.717) is 17.9 Å². The summed E-state index contributed by atoms with van der Waals surface area (Å²) in [5.74, 6) is 1.19. The largest absolute Gasteiger partial charge is 0.497 e. The average Bonchev–Trinajstić information content (AvgIpc) is 2.87. The minimum Gasteiger partial charge on any atom is -0.497 e. The molecule has 1 amide bonds. The number of fused-ring (bicyclic) bond motifs is 1. The van der Waals surface area contributed by atoms with Crippen LogP contribution in [0.3, 0.4) is 0 Å². The smallest absolute Gasteiger partial charge is 0.287 e. The Morgan fingerprint density at radius 3 is 2.75 bits per heavy atom. The van der Waals surface area contributed by atoms with Gasteiger partial charge >= 0.3 is 0 Å². The third-order valence-corrected chi connectivity index (χ3v) is 4.24. The lowest BCUT2D eigenvalue weighted by Crippen LogP contribution is -2.40.